The van der Waals surface area contributed by atoms with E-state index in [-0.39, 0.29) is 0 Å². The summed E-state index contributed by atoms with van der Waals surface area (Å²) in [6.07, 6.45) is -2.95. The number of hydrogen-bond donors (Lipinski definition) is 0. The SMILES string of the molecule is CC(CC(F)F)C(=O)Oc1ccccc1. The second-order valence-corrected chi connectivity index (χ2v) is 3.26. The Balaban J connectivity index is 2.49. The highest BCUT2D eigenvalue weighted by molar-refractivity contribution is 5.74. The van der Waals surface area contributed by atoms with Gasteiger partial charge in [-0.3, -0.25) is 4.79 Å². The lowest BCUT2D eigenvalue weighted by molar-refractivity contribution is -0.139. The third-order valence-electron chi connectivity index (χ3n) is 1.90. The van der Waals surface area contributed by atoms with Crippen LogP contribution in [0.1, 0.15) is 13.3 Å². The Hall–Kier alpha value is -1.45. The second-order valence-electron chi connectivity index (χ2n) is 3.26. The van der Waals surface area contributed by atoms with Gasteiger partial charge in [-0.15, -0.1) is 0 Å². The molecule has 15 heavy (non-hydrogen) atoms. The lowest BCUT2D eigenvalue weighted by Crippen LogP contribution is -2.19. The average Bonchev–Trinajstić information content (AvgIpc) is 2.18. The van der Waals surface area contributed by atoms with Crippen molar-refractivity contribution < 1.29 is 18.3 Å². The molecule has 1 unspecified atom stereocenters. The smallest absolute Gasteiger partial charge is 0.314 e. The van der Waals surface area contributed by atoms with Crippen LogP contribution in [0.15, 0.2) is 30.3 Å². The van der Waals surface area contributed by atoms with Crippen molar-refractivity contribution in [2.45, 2.75) is 19.8 Å². The summed E-state index contributed by atoms with van der Waals surface area (Å²) in [4.78, 5) is 11.3. The fourth-order valence-corrected chi connectivity index (χ4v) is 1.07. The highest BCUT2D eigenvalue weighted by Crippen LogP contribution is 2.15. The molecule has 0 saturated carbocycles. The summed E-state index contributed by atoms with van der Waals surface area (Å²) in [5, 5.41) is 0. The Labute approximate surface area is 86.9 Å². The largest absolute Gasteiger partial charge is 0.426 e. The lowest BCUT2D eigenvalue weighted by Gasteiger charge is -2.10. The number of alkyl halides is 2. The van der Waals surface area contributed by atoms with Gasteiger partial charge in [0.1, 0.15) is 5.75 Å². The van der Waals surface area contributed by atoms with Gasteiger partial charge in [0, 0.05) is 6.42 Å². The molecule has 0 fully saturated rings. The average molecular weight is 214 g/mol. The van der Waals surface area contributed by atoms with E-state index < -0.39 is 24.7 Å². The van der Waals surface area contributed by atoms with Gasteiger partial charge in [0.25, 0.3) is 0 Å². The van der Waals surface area contributed by atoms with Gasteiger partial charge < -0.3 is 4.74 Å². The van der Waals surface area contributed by atoms with Crippen molar-refractivity contribution in [1.82, 2.24) is 0 Å². The van der Waals surface area contributed by atoms with E-state index in [0.717, 1.165) is 0 Å². The molecule has 2 nitrogen and oxygen atoms in total. The van der Waals surface area contributed by atoms with E-state index in [1.54, 1.807) is 30.3 Å². The summed E-state index contributed by atoms with van der Waals surface area (Å²) >= 11 is 0. The summed E-state index contributed by atoms with van der Waals surface area (Å²) in [5.41, 5.74) is 0. The molecule has 82 valence electrons. The minimum absolute atomic E-state index is 0.378. The van der Waals surface area contributed by atoms with Crippen LogP contribution in [0.4, 0.5) is 8.78 Å². The van der Waals surface area contributed by atoms with E-state index >= 15 is 0 Å². The van der Waals surface area contributed by atoms with Crippen LogP contribution in [-0.4, -0.2) is 12.4 Å². The molecule has 1 rings (SSSR count). The van der Waals surface area contributed by atoms with E-state index in [1.807, 2.05) is 0 Å². The maximum Gasteiger partial charge on any atom is 0.314 e. The number of halogens is 2. The zero-order chi connectivity index (χ0) is 11.3. The van der Waals surface area contributed by atoms with Crippen molar-refractivity contribution in [2.75, 3.05) is 0 Å². The Bertz CT molecular complexity index is 312. The van der Waals surface area contributed by atoms with Crippen LogP contribution in [0.3, 0.4) is 0 Å². The Morgan fingerprint density at radius 1 is 1.33 bits per heavy atom. The van der Waals surface area contributed by atoms with Crippen LogP contribution in [0.25, 0.3) is 0 Å². The lowest BCUT2D eigenvalue weighted by atomic mass is 10.1. The van der Waals surface area contributed by atoms with E-state index in [1.165, 1.54) is 6.92 Å². The molecule has 0 aliphatic heterocycles. The summed E-state index contributed by atoms with van der Waals surface area (Å²) in [6.45, 7) is 1.43. The van der Waals surface area contributed by atoms with Crippen molar-refractivity contribution in [2.24, 2.45) is 5.92 Å². The van der Waals surface area contributed by atoms with Crippen molar-refractivity contribution in [3.05, 3.63) is 30.3 Å². The summed E-state index contributed by atoms with van der Waals surface area (Å²) in [7, 11) is 0. The van der Waals surface area contributed by atoms with E-state index in [9.17, 15) is 13.6 Å². The Morgan fingerprint density at radius 2 is 1.93 bits per heavy atom. The van der Waals surface area contributed by atoms with Crippen molar-refractivity contribution in [3.8, 4) is 5.75 Å². The molecule has 0 aliphatic rings. The van der Waals surface area contributed by atoms with Crippen LogP contribution in [0, 0.1) is 5.92 Å². The quantitative estimate of drug-likeness (QED) is 0.569. The number of ether oxygens (including phenoxy) is 1. The van der Waals surface area contributed by atoms with Crippen molar-refractivity contribution in [3.63, 3.8) is 0 Å². The van der Waals surface area contributed by atoms with Crippen LogP contribution in [-0.2, 0) is 4.79 Å². The number of rotatable bonds is 4. The maximum atomic E-state index is 12.0. The molecule has 0 radical (unpaired) electrons. The molecule has 1 aromatic carbocycles. The molecule has 0 amide bonds. The fraction of sp³-hybridized carbons (Fsp3) is 0.364. The molecular weight excluding hydrogens is 202 g/mol. The summed E-state index contributed by atoms with van der Waals surface area (Å²) < 4.78 is 28.9. The Morgan fingerprint density at radius 3 is 2.47 bits per heavy atom. The molecule has 0 bridgehead atoms. The number of carbonyl (C=O) groups excluding carboxylic acids is 1. The first-order valence-electron chi connectivity index (χ1n) is 4.64. The first-order chi connectivity index (χ1) is 7.09. The summed E-state index contributed by atoms with van der Waals surface area (Å²) in [5.74, 6) is -1.03. The molecule has 0 spiro atoms. The molecule has 0 heterocycles. The number of hydrogen-bond acceptors (Lipinski definition) is 2. The number of esters is 1. The van der Waals surface area contributed by atoms with Crippen molar-refractivity contribution >= 4 is 5.97 Å². The predicted octanol–water partition coefficient (Wildman–Crippen LogP) is 2.88. The molecule has 1 aromatic rings. The molecule has 0 aromatic heterocycles. The maximum absolute atomic E-state index is 12.0. The molecule has 1 atom stereocenters. The standard InChI is InChI=1S/C11H12F2O2/c1-8(7-10(12)13)11(14)15-9-5-3-2-4-6-9/h2-6,8,10H,7H2,1H3. The first kappa shape index (κ1) is 11.6. The molecule has 4 heteroatoms. The second kappa shape index (κ2) is 5.44. The molecule has 0 aliphatic carbocycles. The first-order valence-corrected chi connectivity index (χ1v) is 4.64. The highest BCUT2D eigenvalue weighted by atomic mass is 19.3. The van der Waals surface area contributed by atoms with Gasteiger partial charge >= 0.3 is 5.97 Å². The number of carbonyl (C=O) groups is 1. The van der Waals surface area contributed by atoms with E-state index in [2.05, 4.69) is 0 Å². The zero-order valence-corrected chi connectivity index (χ0v) is 8.32. The third-order valence-corrected chi connectivity index (χ3v) is 1.90. The zero-order valence-electron chi connectivity index (χ0n) is 8.32. The molecule has 0 saturated heterocycles. The molecule has 0 N–H and O–H groups in total. The van der Waals surface area contributed by atoms with E-state index in [4.69, 9.17) is 4.74 Å². The number of para-hydroxylation sites is 1. The van der Waals surface area contributed by atoms with Gasteiger partial charge in [0.15, 0.2) is 0 Å². The van der Waals surface area contributed by atoms with Gasteiger partial charge in [-0.2, -0.15) is 0 Å². The molecular formula is C11H12F2O2. The van der Waals surface area contributed by atoms with Crippen LogP contribution in [0.5, 0.6) is 5.75 Å². The van der Waals surface area contributed by atoms with E-state index in [0.29, 0.717) is 5.75 Å². The van der Waals surface area contributed by atoms with Gasteiger partial charge in [-0.05, 0) is 12.1 Å². The Kier molecular flexibility index (Phi) is 4.21. The van der Waals surface area contributed by atoms with Crippen LogP contribution >= 0.6 is 0 Å². The normalized spacial score (nSPS) is 12.5. The van der Waals surface area contributed by atoms with Crippen LogP contribution < -0.4 is 4.74 Å². The van der Waals surface area contributed by atoms with Gasteiger partial charge in [0.2, 0.25) is 6.43 Å². The summed E-state index contributed by atoms with van der Waals surface area (Å²) in [6, 6.07) is 8.40. The van der Waals surface area contributed by atoms with Crippen molar-refractivity contribution in [1.29, 1.82) is 0 Å². The third kappa shape index (κ3) is 4.06. The minimum Gasteiger partial charge on any atom is -0.426 e. The minimum atomic E-state index is -2.48. The predicted molar refractivity (Wildman–Crippen MR) is 51.9 cm³/mol. The fourth-order valence-electron chi connectivity index (χ4n) is 1.07. The topological polar surface area (TPSA) is 26.3 Å². The number of benzene rings is 1. The monoisotopic (exact) mass is 214 g/mol. The van der Waals surface area contributed by atoms with Gasteiger partial charge in [0.05, 0.1) is 5.92 Å². The van der Waals surface area contributed by atoms with Gasteiger partial charge in [-0.25, -0.2) is 8.78 Å². The van der Waals surface area contributed by atoms with Gasteiger partial charge in [-0.1, -0.05) is 25.1 Å². The highest BCUT2D eigenvalue weighted by Gasteiger charge is 2.19. The van der Waals surface area contributed by atoms with Crippen LogP contribution in [0.2, 0.25) is 0 Å².